The SMILES string of the molecule is CCS(=O)(=O)N(CC(=O)N(Cc1ccc(C)cc1)C1CCN(C(=O)COc2ccccc2)CC1)CC(C)C. The van der Waals surface area contributed by atoms with E-state index in [0.29, 0.717) is 44.8 Å². The molecular formula is C29H41N3O5S. The summed E-state index contributed by atoms with van der Waals surface area (Å²) in [6.07, 6.45) is 1.25. The maximum atomic E-state index is 13.7. The fourth-order valence-electron chi connectivity index (χ4n) is 4.60. The minimum absolute atomic E-state index is 0.0280. The zero-order valence-corrected chi connectivity index (χ0v) is 23.8. The number of amides is 2. The highest BCUT2D eigenvalue weighted by atomic mass is 32.2. The van der Waals surface area contributed by atoms with Gasteiger partial charge in [0.2, 0.25) is 15.9 Å². The van der Waals surface area contributed by atoms with E-state index in [1.807, 2.05) is 80.3 Å². The fourth-order valence-corrected chi connectivity index (χ4v) is 5.80. The maximum absolute atomic E-state index is 13.7. The molecular weight excluding hydrogens is 502 g/mol. The van der Waals surface area contributed by atoms with Crippen LogP contribution in [0.1, 0.15) is 44.7 Å². The number of hydrogen-bond donors (Lipinski definition) is 0. The number of piperidine rings is 1. The molecule has 3 rings (SSSR count). The molecule has 0 radical (unpaired) electrons. The summed E-state index contributed by atoms with van der Waals surface area (Å²) in [7, 11) is -3.52. The second kappa shape index (κ2) is 13.8. The third kappa shape index (κ3) is 8.56. The summed E-state index contributed by atoms with van der Waals surface area (Å²) in [4.78, 5) is 30.0. The summed E-state index contributed by atoms with van der Waals surface area (Å²) in [5, 5.41) is 0. The van der Waals surface area contributed by atoms with Gasteiger partial charge in [0.05, 0.1) is 12.3 Å². The molecule has 0 atom stereocenters. The van der Waals surface area contributed by atoms with Crippen molar-refractivity contribution in [2.45, 2.75) is 53.1 Å². The summed E-state index contributed by atoms with van der Waals surface area (Å²) < 4.78 is 32.4. The quantitative estimate of drug-likeness (QED) is 0.407. The lowest BCUT2D eigenvalue weighted by Gasteiger charge is -2.39. The number of rotatable bonds is 12. The number of carbonyl (C=O) groups excluding carboxylic acids is 2. The lowest BCUT2D eigenvalue weighted by Crippen LogP contribution is -2.52. The fraction of sp³-hybridized carbons (Fsp3) is 0.517. The van der Waals surface area contributed by atoms with Crippen molar-refractivity contribution in [3.05, 3.63) is 65.7 Å². The molecule has 208 valence electrons. The largest absolute Gasteiger partial charge is 0.484 e. The molecule has 0 bridgehead atoms. The molecule has 1 heterocycles. The van der Waals surface area contributed by atoms with E-state index in [2.05, 4.69) is 0 Å². The van der Waals surface area contributed by atoms with Gasteiger partial charge in [-0.3, -0.25) is 9.59 Å². The van der Waals surface area contributed by atoms with Gasteiger partial charge in [-0.25, -0.2) is 8.42 Å². The van der Waals surface area contributed by atoms with Crippen molar-refractivity contribution in [3.8, 4) is 5.75 Å². The monoisotopic (exact) mass is 543 g/mol. The Hall–Kier alpha value is -2.91. The van der Waals surface area contributed by atoms with Crippen molar-refractivity contribution >= 4 is 21.8 Å². The van der Waals surface area contributed by atoms with E-state index in [1.54, 1.807) is 11.8 Å². The van der Waals surface area contributed by atoms with Crippen molar-refractivity contribution in [1.29, 1.82) is 0 Å². The zero-order chi connectivity index (χ0) is 27.7. The Morgan fingerprint density at radius 2 is 1.66 bits per heavy atom. The molecule has 38 heavy (non-hydrogen) atoms. The highest BCUT2D eigenvalue weighted by molar-refractivity contribution is 7.89. The van der Waals surface area contributed by atoms with Gasteiger partial charge in [0.25, 0.3) is 5.91 Å². The number of ether oxygens (including phenoxy) is 1. The standard InChI is InChI=1S/C29H41N3O5S/c1-5-38(35,36)31(19-23(2)3)21-28(33)32(20-25-13-11-24(4)12-14-25)26-15-17-30(18-16-26)29(34)22-37-27-9-7-6-8-10-27/h6-14,23,26H,5,15-22H2,1-4H3. The van der Waals surface area contributed by atoms with Gasteiger partial charge < -0.3 is 14.5 Å². The van der Waals surface area contributed by atoms with Crippen LogP contribution in [-0.4, -0.2) is 78.9 Å². The third-order valence-electron chi connectivity index (χ3n) is 6.80. The van der Waals surface area contributed by atoms with E-state index in [9.17, 15) is 18.0 Å². The van der Waals surface area contributed by atoms with Gasteiger partial charge in [0, 0.05) is 32.2 Å². The predicted octanol–water partition coefficient (Wildman–Crippen LogP) is 3.70. The number of carbonyl (C=O) groups is 2. The van der Waals surface area contributed by atoms with E-state index < -0.39 is 10.0 Å². The zero-order valence-electron chi connectivity index (χ0n) is 23.0. The van der Waals surface area contributed by atoms with Crippen molar-refractivity contribution in [3.63, 3.8) is 0 Å². The Balaban J connectivity index is 1.70. The van der Waals surface area contributed by atoms with Crippen LogP contribution in [0.2, 0.25) is 0 Å². The first-order valence-corrected chi connectivity index (χ1v) is 15.0. The maximum Gasteiger partial charge on any atom is 0.260 e. The van der Waals surface area contributed by atoms with E-state index in [1.165, 1.54) is 4.31 Å². The van der Waals surface area contributed by atoms with Crippen LogP contribution in [0.4, 0.5) is 0 Å². The number of benzene rings is 2. The van der Waals surface area contributed by atoms with Crippen molar-refractivity contribution in [1.82, 2.24) is 14.1 Å². The summed E-state index contributed by atoms with van der Waals surface area (Å²) >= 11 is 0. The molecule has 1 saturated heterocycles. The smallest absolute Gasteiger partial charge is 0.260 e. The van der Waals surface area contributed by atoms with Crippen LogP contribution in [-0.2, 0) is 26.2 Å². The molecule has 1 aliphatic heterocycles. The molecule has 1 aliphatic rings. The Morgan fingerprint density at radius 3 is 2.24 bits per heavy atom. The van der Waals surface area contributed by atoms with E-state index in [4.69, 9.17) is 4.74 Å². The van der Waals surface area contributed by atoms with Gasteiger partial charge in [-0.05, 0) is 50.3 Å². The number of para-hydroxylation sites is 1. The number of aryl methyl sites for hydroxylation is 1. The second-order valence-corrected chi connectivity index (χ2v) is 12.6. The van der Waals surface area contributed by atoms with Crippen LogP contribution in [0.3, 0.4) is 0 Å². The average Bonchev–Trinajstić information content (AvgIpc) is 2.91. The highest BCUT2D eigenvalue weighted by Gasteiger charge is 2.32. The number of nitrogens with zero attached hydrogens (tertiary/aromatic N) is 3. The first-order chi connectivity index (χ1) is 18.1. The van der Waals surface area contributed by atoms with Crippen LogP contribution in [0, 0.1) is 12.8 Å². The molecule has 0 N–H and O–H groups in total. The first-order valence-electron chi connectivity index (χ1n) is 13.4. The van der Waals surface area contributed by atoms with Gasteiger partial charge in [0.15, 0.2) is 6.61 Å². The molecule has 0 aliphatic carbocycles. The molecule has 0 aromatic heterocycles. The normalized spacial score (nSPS) is 14.6. The molecule has 2 aromatic carbocycles. The lowest BCUT2D eigenvalue weighted by atomic mass is 10.0. The topological polar surface area (TPSA) is 87.2 Å². The van der Waals surface area contributed by atoms with Crippen LogP contribution in [0.15, 0.2) is 54.6 Å². The molecule has 1 fully saturated rings. The van der Waals surface area contributed by atoms with Gasteiger partial charge in [-0.2, -0.15) is 4.31 Å². The Morgan fingerprint density at radius 1 is 1.03 bits per heavy atom. The minimum Gasteiger partial charge on any atom is -0.484 e. The Bertz CT molecular complexity index is 1140. The Labute approximate surface area is 227 Å². The van der Waals surface area contributed by atoms with Crippen molar-refractivity contribution < 1.29 is 22.7 Å². The van der Waals surface area contributed by atoms with E-state index >= 15 is 0 Å². The van der Waals surface area contributed by atoms with Crippen molar-refractivity contribution in [2.75, 3.05) is 38.5 Å². The molecule has 0 unspecified atom stereocenters. The minimum atomic E-state index is -3.52. The summed E-state index contributed by atoms with van der Waals surface area (Å²) in [5.41, 5.74) is 2.13. The summed E-state index contributed by atoms with van der Waals surface area (Å²) in [5.74, 6) is 0.415. The van der Waals surface area contributed by atoms with E-state index in [0.717, 1.165) is 11.1 Å². The van der Waals surface area contributed by atoms with Gasteiger partial charge in [-0.15, -0.1) is 0 Å². The first kappa shape index (κ1) is 29.6. The van der Waals surface area contributed by atoms with Gasteiger partial charge >= 0.3 is 0 Å². The van der Waals surface area contributed by atoms with Gasteiger partial charge in [-0.1, -0.05) is 61.9 Å². The average molecular weight is 544 g/mol. The number of likely N-dealkylation sites (tertiary alicyclic amines) is 1. The molecule has 0 saturated carbocycles. The predicted molar refractivity (Wildman–Crippen MR) is 149 cm³/mol. The van der Waals surface area contributed by atoms with Crippen LogP contribution in [0.5, 0.6) is 5.75 Å². The molecule has 2 aromatic rings. The third-order valence-corrected chi connectivity index (χ3v) is 8.59. The molecule has 9 heteroatoms. The Kier molecular flexibility index (Phi) is 10.7. The lowest BCUT2D eigenvalue weighted by molar-refractivity contribution is -0.138. The summed E-state index contributed by atoms with van der Waals surface area (Å²) in [6, 6.07) is 17.2. The van der Waals surface area contributed by atoms with Crippen LogP contribution < -0.4 is 4.74 Å². The van der Waals surface area contributed by atoms with Crippen LogP contribution >= 0.6 is 0 Å². The molecule has 0 spiro atoms. The van der Waals surface area contributed by atoms with Gasteiger partial charge in [0.1, 0.15) is 5.75 Å². The second-order valence-electron chi connectivity index (χ2n) is 10.3. The number of sulfonamides is 1. The highest BCUT2D eigenvalue weighted by Crippen LogP contribution is 2.21. The molecule has 2 amide bonds. The van der Waals surface area contributed by atoms with E-state index in [-0.39, 0.29) is 42.7 Å². The summed E-state index contributed by atoms with van der Waals surface area (Å²) in [6.45, 7) is 9.04. The molecule has 8 nitrogen and oxygen atoms in total. The van der Waals surface area contributed by atoms with Crippen molar-refractivity contribution in [2.24, 2.45) is 5.92 Å². The van der Waals surface area contributed by atoms with Crippen LogP contribution in [0.25, 0.3) is 0 Å². The number of hydrogen-bond acceptors (Lipinski definition) is 5.